The van der Waals surface area contributed by atoms with Crippen molar-refractivity contribution in [2.45, 2.75) is 44.3 Å². The number of aliphatic hydroxyl groups is 2. The Hall–Kier alpha value is -2.44. The Labute approximate surface area is 164 Å². The summed E-state index contributed by atoms with van der Waals surface area (Å²) in [6.07, 6.45) is 1.81. The Morgan fingerprint density at radius 2 is 1.75 bits per heavy atom. The summed E-state index contributed by atoms with van der Waals surface area (Å²) in [7, 11) is 0. The van der Waals surface area contributed by atoms with Crippen molar-refractivity contribution < 1.29 is 30.3 Å². The molecule has 5 N–H and O–H groups in total. The number of aromatic hydroxyl groups is 3. The molecule has 28 heavy (non-hydrogen) atoms. The number of hydrogen-bond acceptors (Lipinski definition) is 6. The molecule has 0 aromatic heterocycles. The van der Waals surface area contributed by atoms with Crippen LogP contribution >= 0.6 is 0 Å². The lowest BCUT2D eigenvalue weighted by atomic mass is 9.73. The lowest BCUT2D eigenvalue weighted by Crippen LogP contribution is -2.37. The Morgan fingerprint density at radius 3 is 2.46 bits per heavy atom. The van der Waals surface area contributed by atoms with E-state index in [1.807, 2.05) is 0 Å². The van der Waals surface area contributed by atoms with Gasteiger partial charge in [-0.2, -0.15) is 0 Å². The summed E-state index contributed by atoms with van der Waals surface area (Å²) in [6.45, 7) is 0.402. The van der Waals surface area contributed by atoms with Crippen molar-refractivity contribution in [3.63, 3.8) is 0 Å². The van der Waals surface area contributed by atoms with Gasteiger partial charge < -0.3 is 30.3 Å². The van der Waals surface area contributed by atoms with Crippen LogP contribution in [0.1, 0.15) is 31.2 Å². The van der Waals surface area contributed by atoms with E-state index in [0.717, 1.165) is 0 Å². The maximum absolute atomic E-state index is 10.5. The lowest BCUT2D eigenvalue weighted by molar-refractivity contribution is -0.0231. The molecule has 1 aliphatic carbocycles. The molecular formula is C22H28O6. The molecule has 1 aliphatic rings. The first kappa shape index (κ1) is 20.3. The van der Waals surface area contributed by atoms with Crippen molar-refractivity contribution in [1.82, 2.24) is 0 Å². The lowest BCUT2D eigenvalue weighted by Gasteiger charge is -2.36. The van der Waals surface area contributed by atoms with Gasteiger partial charge in [0.25, 0.3) is 0 Å². The monoisotopic (exact) mass is 388 g/mol. The molecule has 4 unspecified atom stereocenters. The molecule has 0 amide bonds. The minimum absolute atomic E-state index is 0.00541. The van der Waals surface area contributed by atoms with Crippen LogP contribution in [0, 0.1) is 11.8 Å². The number of phenolic OH excluding ortho intramolecular Hbond substituents is 3. The van der Waals surface area contributed by atoms with Crippen molar-refractivity contribution in [2.24, 2.45) is 11.8 Å². The number of rotatable bonds is 7. The highest BCUT2D eigenvalue weighted by Gasteiger charge is 2.34. The van der Waals surface area contributed by atoms with Gasteiger partial charge in [0, 0.05) is 12.1 Å². The van der Waals surface area contributed by atoms with Crippen LogP contribution in [0.5, 0.6) is 23.0 Å². The molecule has 0 spiro atoms. The van der Waals surface area contributed by atoms with Crippen LogP contribution in [0.25, 0.3) is 0 Å². The zero-order chi connectivity index (χ0) is 20.1. The van der Waals surface area contributed by atoms with Crippen molar-refractivity contribution in [3.8, 4) is 23.0 Å². The smallest absolute Gasteiger partial charge is 0.122 e. The first-order valence-corrected chi connectivity index (χ1v) is 9.71. The molecule has 2 aromatic rings. The standard InChI is InChI=1S/C22H28O6/c23-16-2-1-3-19(11-16)28-9-8-14(20-7-6-18(25)13-22(20)27)10-15-4-5-17(24)12-21(15)26/h1-5,11-12,14,18,20,22-27H,6-10,13H2. The summed E-state index contributed by atoms with van der Waals surface area (Å²) in [4.78, 5) is 0. The molecule has 0 heterocycles. The Balaban J connectivity index is 1.70. The molecule has 0 radical (unpaired) electrons. The van der Waals surface area contributed by atoms with Crippen LogP contribution in [-0.4, -0.2) is 44.3 Å². The molecule has 152 valence electrons. The predicted octanol–water partition coefficient (Wildman–Crippen LogP) is 2.95. The Morgan fingerprint density at radius 1 is 0.964 bits per heavy atom. The first-order chi connectivity index (χ1) is 13.4. The first-order valence-electron chi connectivity index (χ1n) is 9.71. The zero-order valence-electron chi connectivity index (χ0n) is 15.7. The second-order valence-electron chi connectivity index (χ2n) is 7.61. The predicted molar refractivity (Wildman–Crippen MR) is 105 cm³/mol. The van der Waals surface area contributed by atoms with Gasteiger partial charge in [0.15, 0.2) is 0 Å². The summed E-state index contributed by atoms with van der Waals surface area (Å²) in [6, 6.07) is 11.2. The summed E-state index contributed by atoms with van der Waals surface area (Å²) in [5.74, 6) is 0.778. The van der Waals surface area contributed by atoms with E-state index in [-0.39, 0.29) is 29.1 Å². The number of phenols is 3. The number of benzene rings is 2. The Kier molecular flexibility index (Phi) is 6.65. The van der Waals surface area contributed by atoms with Gasteiger partial charge in [-0.3, -0.25) is 0 Å². The molecule has 4 atom stereocenters. The van der Waals surface area contributed by atoms with E-state index in [1.165, 1.54) is 12.1 Å². The normalized spacial score (nSPS) is 23.3. The van der Waals surface area contributed by atoms with Gasteiger partial charge in [0.2, 0.25) is 0 Å². The fourth-order valence-corrected chi connectivity index (χ4v) is 4.07. The van der Waals surface area contributed by atoms with Crippen LogP contribution in [0.3, 0.4) is 0 Å². The highest BCUT2D eigenvalue weighted by molar-refractivity contribution is 5.39. The van der Waals surface area contributed by atoms with Crippen LogP contribution < -0.4 is 4.74 Å². The molecule has 6 nitrogen and oxygen atoms in total. The molecule has 0 saturated heterocycles. The van der Waals surface area contributed by atoms with Crippen LogP contribution in [-0.2, 0) is 6.42 Å². The summed E-state index contributed by atoms with van der Waals surface area (Å²) in [5.41, 5.74) is 0.707. The minimum atomic E-state index is -0.603. The molecule has 0 bridgehead atoms. The fourth-order valence-electron chi connectivity index (χ4n) is 4.07. The van der Waals surface area contributed by atoms with Crippen molar-refractivity contribution in [3.05, 3.63) is 48.0 Å². The van der Waals surface area contributed by atoms with Gasteiger partial charge in [-0.05, 0) is 67.7 Å². The SMILES string of the molecule is Oc1cccc(OCCC(Cc2ccc(O)cc2O)C2CCC(O)CC2O)c1. The maximum atomic E-state index is 10.5. The van der Waals surface area contributed by atoms with E-state index in [1.54, 1.807) is 30.3 Å². The highest BCUT2D eigenvalue weighted by atomic mass is 16.5. The van der Waals surface area contributed by atoms with E-state index in [0.29, 0.717) is 50.0 Å². The van der Waals surface area contributed by atoms with Crippen LogP contribution in [0.15, 0.2) is 42.5 Å². The maximum Gasteiger partial charge on any atom is 0.122 e. The summed E-state index contributed by atoms with van der Waals surface area (Å²) >= 11 is 0. The molecule has 2 aromatic carbocycles. The molecule has 0 aliphatic heterocycles. The average Bonchev–Trinajstić information content (AvgIpc) is 2.63. The van der Waals surface area contributed by atoms with Gasteiger partial charge >= 0.3 is 0 Å². The van der Waals surface area contributed by atoms with E-state index in [9.17, 15) is 25.5 Å². The second kappa shape index (κ2) is 9.17. The molecular weight excluding hydrogens is 360 g/mol. The number of aliphatic hydroxyl groups excluding tert-OH is 2. The largest absolute Gasteiger partial charge is 0.508 e. The summed E-state index contributed by atoms with van der Waals surface area (Å²) in [5, 5.41) is 49.6. The topological polar surface area (TPSA) is 110 Å². The third kappa shape index (κ3) is 5.30. The van der Waals surface area contributed by atoms with Crippen molar-refractivity contribution >= 4 is 0 Å². The second-order valence-corrected chi connectivity index (χ2v) is 7.61. The van der Waals surface area contributed by atoms with E-state index in [4.69, 9.17) is 4.74 Å². The highest BCUT2D eigenvalue weighted by Crippen LogP contribution is 2.36. The number of ether oxygens (including phenoxy) is 1. The van der Waals surface area contributed by atoms with E-state index < -0.39 is 12.2 Å². The van der Waals surface area contributed by atoms with Gasteiger partial charge in [0.05, 0.1) is 18.8 Å². The quantitative estimate of drug-likeness (QED) is 0.499. The van der Waals surface area contributed by atoms with Gasteiger partial charge in [-0.1, -0.05) is 12.1 Å². The molecule has 6 heteroatoms. The van der Waals surface area contributed by atoms with E-state index in [2.05, 4.69) is 0 Å². The van der Waals surface area contributed by atoms with Crippen LogP contribution in [0.4, 0.5) is 0 Å². The van der Waals surface area contributed by atoms with Crippen LogP contribution in [0.2, 0.25) is 0 Å². The third-order valence-corrected chi connectivity index (χ3v) is 5.57. The average molecular weight is 388 g/mol. The fraction of sp³-hybridized carbons (Fsp3) is 0.455. The van der Waals surface area contributed by atoms with Gasteiger partial charge in [-0.15, -0.1) is 0 Å². The van der Waals surface area contributed by atoms with Gasteiger partial charge in [0.1, 0.15) is 23.0 Å². The molecule has 1 fully saturated rings. The summed E-state index contributed by atoms with van der Waals surface area (Å²) < 4.78 is 5.76. The molecule has 3 rings (SSSR count). The Bertz CT molecular complexity index is 777. The minimum Gasteiger partial charge on any atom is -0.508 e. The molecule has 1 saturated carbocycles. The van der Waals surface area contributed by atoms with Crippen molar-refractivity contribution in [1.29, 1.82) is 0 Å². The van der Waals surface area contributed by atoms with E-state index >= 15 is 0 Å². The third-order valence-electron chi connectivity index (χ3n) is 5.57. The van der Waals surface area contributed by atoms with Crippen molar-refractivity contribution in [2.75, 3.05) is 6.61 Å². The zero-order valence-corrected chi connectivity index (χ0v) is 15.7. The number of hydrogen-bond donors (Lipinski definition) is 5. The van der Waals surface area contributed by atoms with Gasteiger partial charge in [-0.25, -0.2) is 0 Å².